The van der Waals surface area contributed by atoms with Crippen LogP contribution in [-0.2, 0) is 24.2 Å². The Bertz CT molecular complexity index is 867. The molecule has 3 rings (SSSR count). The molecule has 3 nitrogen and oxygen atoms in total. The molecule has 0 aliphatic carbocycles. The van der Waals surface area contributed by atoms with E-state index in [-0.39, 0.29) is 5.91 Å². The summed E-state index contributed by atoms with van der Waals surface area (Å²) in [5, 5.41) is 2.97. The van der Waals surface area contributed by atoms with E-state index in [0.717, 1.165) is 28.8 Å². The van der Waals surface area contributed by atoms with Gasteiger partial charge in [0.05, 0.1) is 12.1 Å². The lowest BCUT2D eigenvalue weighted by Crippen LogP contribution is -2.24. The molecule has 0 radical (unpaired) electrons. The summed E-state index contributed by atoms with van der Waals surface area (Å²) in [6, 6.07) is 20.6. The highest BCUT2D eigenvalue weighted by atomic mass is 16.1. The second-order valence-electron chi connectivity index (χ2n) is 6.54. The zero-order valence-electron chi connectivity index (χ0n) is 15.3. The number of aromatic nitrogens is 1. The van der Waals surface area contributed by atoms with Crippen molar-refractivity contribution < 1.29 is 4.79 Å². The van der Waals surface area contributed by atoms with E-state index in [1.54, 1.807) is 6.20 Å². The molecule has 1 heterocycles. The Morgan fingerprint density at radius 1 is 0.962 bits per heavy atom. The van der Waals surface area contributed by atoms with Gasteiger partial charge in [0.15, 0.2) is 0 Å². The summed E-state index contributed by atoms with van der Waals surface area (Å²) in [7, 11) is 0. The monoisotopic (exact) mass is 344 g/mol. The average molecular weight is 344 g/mol. The van der Waals surface area contributed by atoms with Gasteiger partial charge < -0.3 is 5.32 Å². The molecule has 1 aromatic heterocycles. The molecule has 0 saturated heterocycles. The summed E-state index contributed by atoms with van der Waals surface area (Å²) < 4.78 is 0. The van der Waals surface area contributed by atoms with Crippen molar-refractivity contribution in [1.29, 1.82) is 0 Å². The maximum Gasteiger partial charge on any atom is 0.224 e. The molecule has 0 aliphatic rings. The van der Waals surface area contributed by atoms with Crippen LogP contribution in [-0.4, -0.2) is 10.9 Å². The summed E-state index contributed by atoms with van der Waals surface area (Å²) in [5.74, 6) is 0.00774. The minimum Gasteiger partial charge on any atom is -0.352 e. The van der Waals surface area contributed by atoms with Crippen LogP contribution in [0.2, 0.25) is 0 Å². The molecule has 3 heteroatoms. The molecule has 26 heavy (non-hydrogen) atoms. The average Bonchev–Trinajstić information content (AvgIpc) is 2.67. The maximum atomic E-state index is 12.2. The minimum atomic E-state index is 0.00774. The Labute approximate surface area is 155 Å². The van der Waals surface area contributed by atoms with Gasteiger partial charge in [-0.3, -0.25) is 9.78 Å². The number of nitrogens with one attached hydrogen (secondary N) is 1. The Hall–Kier alpha value is -2.94. The molecule has 1 amide bonds. The Kier molecular flexibility index (Phi) is 5.80. The second-order valence-corrected chi connectivity index (χ2v) is 6.54. The van der Waals surface area contributed by atoms with E-state index < -0.39 is 0 Å². The van der Waals surface area contributed by atoms with Gasteiger partial charge in [0, 0.05) is 18.3 Å². The van der Waals surface area contributed by atoms with Gasteiger partial charge in [-0.1, -0.05) is 67.1 Å². The topological polar surface area (TPSA) is 42.0 Å². The molecule has 132 valence electrons. The molecule has 0 saturated carbocycles. The molecule has 2 aromatic carbocycles. The summed E-state index contributed by atoms with van der Waals surface area (Å²) in [4.78, 5) is 16.7. The van der Waals surface area contributed by atoms with Crippen molar-refractivity contribution in [3.05, 3.63) is 89.1 Å². The van der Waals surface area contributed by atoms with Gasteiger partial charge in [-0.25, -0.2) is 0 Å². The first-order valence-electron chi connectivity index (χ1n) is 9.00. The number of aryl methyl sites for hydroxylation is 2. The van der Waals surface area contributed by atoms with Gasteiger partial charge in [0.2, 0.25) is 5.91 Å². The van der Waals surface area contributed by atoms with E-state index in [4.69, 9.17) is 0 Å². The van der Waals surface area contributed by atoms with Crippen LogP contribution >= 0.6 is 0 Å². The lowest BCUT2D eigenvalue weighted by Gasteiger charge is -2.07. The van der Waals surface area contributed by atoms with Crippen LogP contribution in [0.1, 0.15) is 29.2 Å². The second kappa shape index (κ2) is 8.43. The van der Waals surface area contributed by atoms with Crippen LogP contribution in [0.4, 0.5) is 0 Å². The van der Waals surface area contributed by atoms with Gasteiger partial charge in [-0.2, -0.15) is 0 Å². The van der Waals surface area contributed by atoms with Crippen LogP contribution in [0.25, 0.3) is 11.3 Å². The van der Waals surface area contributed by atoms with Crippen LogP contribution in [0.5, 0.6) is 0 Å². The van der Waals surface area contributed by atoms with Crippen molar-refractivity contribution in [3.8, 4) is 11.3 Å². The Balaban J connectivity index is 1.57. The summed E-state index contributed by atoms with van der Waals surface area (Å²) in [6.45, 7) is 4.75. The van der Waals surface area contributed by atoms with Gasteiger partial charge in [-0.05, 0) is 36.1 Å². The van der Waals surface area contributed by atoms with E-state index in [9.17, 15) is 4.79 Å². The van der Waals surface area contributed by atoms with Crippen LogP contribution < -0.4 is 5.32 Å². The number of hydrogen-bond donors (Lipinski definition) is 1. The van der Waals surface area contributed by atoms with E-state index in [2.05, 4.69) is 47.6 Å². The molecule has 0 bridgehead atoms. The molecule has 0 fully saturated rings. The molecule has 0 spiro atoms. The van der Waals surface area contributed by atoms with Crippen LogP contribution in [0.15, 0.2) is 66.9 Å². The molecule has 0 atom stereocenters. The van der Waals surface area contributed by atoms with Gasteiger partial charge in [-0.15, -0.1) is 0 Å². The first-order chi connectivity index (χ1) is 12.6. The zero-order valence-corrected chi connectivity index (χ0v) is 15.3. The summed E-state index contributed by atoms with van der Waals surface area (Å²) in [5.41, 5.74) is 6.57. The van der Waals surface area contributed by atoms with Gasteiger partial charge in [0.25, 0.3) is 0 Å². The van der Waals surface area contributed by atoms with Crippen LogP contribution in [0, 0.1) is 6.92 Å². The fourth-order valence-electron chi connectivity index (χ4n) is 2.88. The van der Waals surface area contributed by atoms with E-state index in [0.29, 0.717) is 13.0 Å². The van der Waals surface area contributed by atoms with Crippen molar-refractivity contribution in [3.63, 3.8) is 0 Å². The third kappa shape index (κ3) is 4.79. The molecule has 0 unspecified atom stereocenters. The standard InChI is InChI=1S/C23H24N2O/c1-3-18-7-10-21(11-8-18)22-12-9-20(15-24-22)14-23(26)25-16-19-6-4-5-17(2)13-19/h4-13,15H,3,14,16H2,1-2H3,(H,25,26). The predicted octanol–water partition coefficient (Wildman–Crippen LogP) is 4.48. The number of carbonyl (C=O) groups excluding carboxylic acids is 1. The molecule has 1 N–H and O–H groups in total. The van der Waals surface area contributed by atoms with Crippen molar-refractivity contribution in [1.82, 2.24) is 10.3 Å². The smallest absolute Gasteiger partial charge is 0.224 e. The molecular formula is C23H24N2O. The van der Waals surface area contributed by atoms with Crippen molar-refractivity contribution in [2.75, 3.05) is 0 Å². The Morgan fingerprint density at radius 3 is 2.38 bits per heavy atom. The predicted molar refractivity (Wildman–Crippen MR) is 106 cm³/mol. The summed E-state index contributed by atoms with van der Waals surface area (Å²) >= 11 is 0. The highest BCUT2D eigenvalue weighted by Crippen LogP contribution is 2.18. The minimum absolute atomic E-state index is 0.00774. The van der Waals surface area contributed by atoms with E-state index in [1.165, 1.54) is 11.1 Å². The number of nitrogens with zero attached hydrogens (tertiary/aromatic N) is 1. The van der Waals surface area contributed by atoms with Gasteiger partial charge >= 0.3 is 0 Å². The molecule has 0 aliphatic heterocycles. The fraction of sp³-hybridized carbons (Fsp3) is 0.217. The van der Waals surface area contributed by atoms with E-state index in [1.807, 2.05) is 37.3 Å². The first-order valence-corrected chi connectivity index (χ1v) is 9.00. The SMILES string of the molecule is CCc1ccc(-c2ccc(CC(=O)NCc3cccc(C)c3)cn2)cc1. The number of carbonyl (C=O) groups is 1. The normalized spacial score (nSPS) is 10.5. The van der Waals surface area contributed by atoms with E-state index >= 15 is 0 Å². The zero-order chi connectivity index (χ0) is 18.4. The van der Waals surface area contributed by atoms with Gasteiger partial charge in [0.1, 0.15) is 0 Å². The van der Waals surface area contributed by atoms with Crippen molar-refractivity contribution >= 4 is 5.91 Å². The number of amides is 1. The highest BCUT2D eigenvalue weighted by molar-refractivity contribution is 5.78. The largest absolute Gasteiger partial charge is 0.352 e. The fourth-order valence-corrected chi connectivity index (χ4v) is 2.88. The third-order valence-electron chi connectivity index (χ3n) is 4.42. The number of rotatable bonds is 6. The third-order valence-corrected chi connectivity index (χ3v) is 4.42. The van der Waals surface area contributed by atoms with Crippen molar-refractivity contribution in [2.24, 2.45) is 0 Å². The summed E-state index contributed by atoms with van der Waals surface area (Å²) in [6.07, 6.45) is 3.16. The lowest BCUT2D eigenvalue weighted by molar-refractivity contribution is -0.120. The molecular weight excluding hydrogens is 320 g/mol. The highest BCUT2D eigenvalue weighted by Gasteiger charge is 2.05. The Morgan fingerprint density at radius 2 is 1.73 bits per heavy atom. The molecule has 3 aromatic rings. The van der Waals surface area contributed by atoms with Crippen LogP contribution in [0.3, 0.4) is 0 Å². The van der Waals surface area contributed by atoms with Crippen molar-refractivity contribution in [2.45, 2.75) is 33.2 Å². The number of benzene rings is 2. The maximum absolute atomic E-state index is 12.2. The number of pyridine rings is 1. The first kappa shape index (κ1) is 17.9. The quantitative estimate of drug-likeness (QED) is 0.716. The lowest BCUT2D eigenvalue weighted by atomic mass is 10.1. The number of hydrogen-bond acceptors (Lipinski definition) is 2.